The Bertz CT molecular complexity index is 754. The van der Waals surface area contributed by atoms with E-state index in [2.05, 4.69) is 0 Å². The van der Waals surface area contributed by atoms with Crippen LogP contribution < -0.4 is 4.74 Å². The van der Waals surface area contributed by atoms with Crippen molar-refractivity contribution in [3.05, 3.63) is 53.8 Å². The van der Waals surface area contributed by atoms with Crippen LogP contribution in [0.2, 0.25) is 0 Å². The van der Waals surface area contributed by atoms with Crippen molar-refractivity contribution >= 4 is 9.84 Å². The fourth-order valence-electron chi connectivity index (χ4n) is 1.91. The van der Waals surface area contributed by atoms with Crippen LogP contribution >= 0.6 is 0 Å². The molecule has 1 atom stereocenters. The highest BCUT2D eigenvalue weighted by Crippen LogP contribution is 2.32. The minimum absolute atomic E-state index is 0.0299. The molecule has 2 aromatic rings. The van der Waals surface area contributed by atoms with Gasteiger partial charge in [0.2, 0.25) is 0 Å². The lowest BCUT2D eigenvalue weighted by Crippen LogP contribution is -2.01. The van der Waals surface area contributed by atoms with E-state index in [0.717, 1.165) is 6.26 Å². The van der Waals surface area contributed by atoms with E-state index < -0.39 is 21.8 Å². The molecule has 1 N–H and O–H groups in total. The van der Waals surface area contributed by atoms with Gasteiger partial charge in [-0.3, -0.25) is 0 Å². The smallest absolute Gasteiger partial charge is 0.175 e. The molecule has 0 radical (unpaired) electrons. The van der Waals surface area contributed by atoms with Gasteiger partial charge in [-0.1, -0.05) is 12.1 Å². The SMILES string of the molecule is CC(O)c1c(F)cccc1Oc1cccc(S(C)(=O)=O)c1. The number of benzene rings is 2. The summed E-state index contributed by atoms with van der Waals surface area (Å²) >= 11 is 0. The summed E-state index contributed by atoms with van der Waals surface area (Å²) in [6, 6.07) is 10.1. The molecule has 0 spiro atoms. The second-order valence-corrected chi connectivity index (χ2v) is 6.69. The molecule has 0 heterocycles. The number of aliphatic hydroxyl groups excluding tert-OH is 1. The quantitative estimate of drug-likeness (QED) is 0.942. The van der Waals surface area contributed by atoms with Gasteiger partial charge in [0.25, 0.3) is 0 Å². The molecule has 2 aromatic carbocycles. The van der Waals surface area contributed by atoms with Crippen LogP contribution in [0.3, 0.4) is 0 Å². The van der Waals surface area contributed by atoms with E-state index in [0.29, 0.717) is 0 Å². The van der Waals surface area contributed by atoms with Crippen LogP contribution in [0.4, 0.5) is 4.39 Å². The minimum Gasteiger partial charge on any atom is -0.457 e. The molecule has 1 unspecified atom stereocenters. The minimum atomic E-state index is -3.36. The summed E-state index contributed by atoms with van der Waals surface area (Å²) in [5.74, 6) is -0.178. The van der Waals surface area contributed by atoms with Crippen molar-refractivity contribution in [3.63, 3.8) is 0 Å². The first-order chi connectivity index (χ1) is 9.79. The van der Waals surface area contributed by atoms with Crippen LogP contribution in [0.25, 0.3) is 0 Å². The zero-order valence-corrected chi connectivity index (χ0v) is 12.4. The first-order valence-corrected chi connectivity index (χ1v) is 8.12. The Balaban J connectivity index is 2.42. The maximum absolute atomic E-state index is 13.7. The molecular formula is C15H15FO4S. The molecule has 6 heteroatoms. The first kappa shape index (κ1) is 15.5. The third-order valence-corrected chi connectivity index (χ3v) is 4.00. The number of sulfone groups is 1. The van der Waals surface area contributed by atoms with Gasteiger partial charge in [0.05, 0.1) is 16.6 Å². The van der Waals surface area contributed by atoms with E-state index in [-0.39, 0.29) is 22.0 Å². The van der Waals surface area contributed by atoms with E-state index in [4.69, 9.17) is 4.74 Å². The van der Waals surface area contributed by atoms with Gasteiger partial charge in [0.1, 0.15) is 17.3 Å². The summed E-state index contributed by atoms with van der Waals surface area (Å²) < 4.78 is 42.3. The van der Waals surface area contributed by atoms with Crippen LogP contribution in [0, 0.1) is 5.82 Å². The largest absolute Gasteiger partial charge is 0.457 e. The maximum Gasteiger partial charge on any atom is 0.175 e. The molecule has 2 rings (SSSR count). The van der Waals surface area contributed by atoms with Gasteiger partial charge in [-0.2, -0.15) is 0 Å². The summed E-state index contributed by atoms with van der Waals surface area (Å²) in [6.45, 7) is 1.43. The van der Waals surface area contributed by atoms with Crippen molar-refractivity contribution < 1.29 is 22.7 Å². The van der Waals surface area contributed by atoms with E-state index in [1.54, 1.807) is 6.07 Å². The van der Waals surface area contributed by atoms with Gasteiger partial charge < -0.3 is 9.84 Å². The zero-order valence-electron chi connectivity index (χ0n) is 11.6. The lowest BCUT2D eigenvalue weighted by Gasteiger charge is -2.14. The van der Waals surface area contributed by atoms with Gasteiger partial charge in [-0.25, -0.2) is 12.8 Å². The highest BCUT2D eigenvalue weighted by molar-refractivity contribution is 7.90. The Morgan fingerprint density at radius 3 is 2.48 bits per heavy atom. The van der Waals surface area contributed by atoms with E-state index >= 15 is 0 Å². The van der Waals surface area contributed by atoms with Crippen molar-refractivity contribution in [2.24, 2.45) is 0 Å². The van der Waals surface area contributed by atoms with E-state index in [1.165, 1.54) is 43.3 Å². The highest BCUT2D eigenvalue weighted by atomic mass is 32.2. The van der Waals surface area contributed by atoms with Gasteiger partial charge in [-0.15, -0.1) is 0 Å². The molecule has 0 aliphatic heterocycles. The summed E-state index contributed by atoms with van der Waals surface area (Å²) in [5, 5.41) is 9.63. The average Bonchev–Trinajstić information content (AvgIpc) is 2.37. The summed E-state index contributed by atoms with van der Waals surface area (Å²) in [5.41, 5.74) is 0.0299. The molecule has 21 heavy (non-hydrogen) atoms. The summed E-state index contributed by atoms with van der Waals surface area (Å²) in [7, 11) is -3.36. The molecule has 0 saturated carbocycles. The van der Waals surface area contributed by atoms with Crippen LogP contribution in [0.5, 0.6) is 11.5 Å². The number of hydrogen-bond acceptors (Lipinski definition) is 4. The predicted octanol–water partition coefficient (Wildman–Crippen LogP) is 3.07. The van der Waals surface area contributed by atoms with Crippen LogP contribution in [0.1, 0.15) is 18.6 Å². The van der Waals surface area contributed by atoms with E-state index in [9.17, 15) is 17.9 Å². The molecule has 0 amide bonds. The van der Waals surface area contributed by atoms with Crippen LogP contribution in [-0.4, -0.2) is 19.8 Å². The third kappa shape index (κ3) is 3.59. The van der Waals surface area contributed by atoms with E-state index in [1.807, 2.05) is 0 Å². The van der Waals surface area contributed by atoms with Crippen LogP contribution in [-0.2, 0) is 9.84 Å². The van der Waals surface area contributed by atoms with Crippen molar-refractivity contribution in [1.82, 2.24) is 0 Å². The topological polar surface area (TPSA) is 63.6 Å². The standard InChI is InChI=1S/C15H15FO4S/c1-10(17)15-13(16)7-4-8-14(15)20-11-5-3-6-12(9-11)21(2,18)19/h3-10,17H,1-2H3. The molecule has 0 aliphatic rings. The van der Waals surface area contributed by atoms with Gasteiger partial charge in [0, 0.05) is 6.26 Å². The first-order valence-electron chi connectivity index (χ1n) is 6.23. The number of ether oxygens (including phenoxy) is 1. The van der Waals surface area contributed by atoms with Crippen LogP contribution in [0.15, 0.2) is 47.4 Å². The lowest BCUT2D eigenvalue weighted by atomic mass is 10.1. The average molecular weight is 310 g/mol. The Morgan fingerprint density at radius 1 is 1.19 bits per heavy atom. The number of halogens is 1. The molecule has 0 fully saturated rings. The van der Waals surface area contributed by atoms with Gasteiger partial charge >= 0.3 is 0 Å². The van der Waals surface area contributed by atoms with Gasteiger partial charge in [0.15, 0.2) is 9.84 Å². The van der Waals surface area contributed by atoms with Crippen molar-refractivity contribution in [3.8, 4) is 11.5 Å². The van der Waals surface area contributed by atoms with Crippen molar-refractivity contribution in [2.45, 2.75) is 17.9 Å². The predicted molar refractivity (Wildman–Crippen MR) is 76.7 cm³/mol. The van der Waals surface area contributed by atoms with Gasteiger partial charge in [-0.05, 0) is 37.3 Å². The Labute approximate surface area is 122 Å². The number of rotatable bonds is 4. The Kier molecular flexibility index (Phi) is 4.29. The third-order valence-electron chi connectivity index (χ3n) is 2.89. The molecule has 0 saturated heterocycles. The Morgan fingerprint density at radius 2 is 1.86 bits per heavy atom. The summed E-state index contributed by atoms with van der Waals surface area (Å²) in [6.07, 6.45) is 0.0505. The lowest BCUT2D eigenvalue weighted by molar-refractivity contribution is 0.190. The molecule has 112 valence electrons. The molecule has 4 nitrogen and oxygen atoms in total. The fourth-order valence-corrected chi connectivity index (χ4v) is 2.56. The fraction of sp³-hybridized carbons (Fsp3) is 0.200. The molecule has 0 aromatic heterocycles. The maximum atomic E-state index is 13.7. The number of aliphatic hydroxyl groups is 1. The molecular weight excluding hydrogens is 295 g/mol. The number of hydrogen-bond donors (Lipinski definition) is 1. The normalized spacial score (nSPS) is 13.0. The highest BCUT2D eigenvalue weighted by Gasteiger charge is 2.16. The van der Waals surface area contributed by atoms with Crippen molar-refractivity contribution in [1.29, 1.82) is 0 Å². The second-order valence-electron chi connectivity index (χ2n) is 4.68. The monoisotopic (exact) mass is 310 g/mol. The van der Waals surface area contributed by atoms with Crippen molar-refractivity contribution in [2.75, 3.05) is 6.26 Å². The molecule has 0 aliphatic carbocycles. The second kappa shape index (κ2) is 5.83. The molecule has 0 bridgehead atoms. The summed E-state index contributed by atoms with van der Waals surface area (Å²) in [4.78, 5) is 0.106. The zero-order chi connectivity index (χ0) is 15.6. The Hall–Kier alpha value is -1.92.